The van der Waals surface area contributed by atoms with E-state index >= 15 is 0 Å². The molecule has 0 saturated heterocycles. The van der Waals surface area contributed by atoms with E-state index in [0.29, 0.717) is 0 Å². The standard InChI is InChI=1S/C9H5F13O3.C4H5F3O.2C3H3F3/c1-3(10)5(12,13)25-6(14,8(18,19)20)9(21,22)24-4(11,2-23)7(15,16)17;1-3(8-2)4(5,6)7;2*1-2-3(4,5)6/h23H,1-2H2;1H2,2H3;2*2H,1H2. The van der Waals surface area contributed by atoms with Crippen molar-refractivity contribution >= 4 is 0 Å². The molecule has 0 fully saturated rings. The van der Waals surface area contributed by atoms with Crippen LogP contribution >= 0.6 is 0 Å². The van der Waals surface area contributed by atoms with Crippen molar-refractivity contribution < 1.29 is 116 Å². The SMILES string of the molecule is C=C(F)C(F)(F)OC(F)(C(F)(F)F)C(F)(F)OC(F)(CO)C(F)(F)F.C=C(OC)C(F)(F)F.C=CC(F)(F)F.C=CC(F)(F)F. The molecule has 0 aliphatic carbocycles. The molecule has 0 aliphatic heterocycles. The zero-order chi connectivity index (χ0) is 37.9. The van der Waals surface area contributed by atoms with E-state index in [9.17, 15) is 96.6 Å². The van der Waals surface area contributed by atoms with Crippen molar-refractivity contribution in [3.8, 4) is 0 Å². The average molecular weight is 726 g/mol. The van der Waals surface area contributed by atoms with Gasteiger partial charge in [-0.1, -0.05) is 26.3 Å². The fourth-order valence-corrected chi connectivity index (χ4v) is 1.08. The summed E-state index contributed by atoms with van der Waals surface area (Å²) in [7, 11) is 0.926. The topological polar surface area (TPSA) is 47.9 Å². The second-order valence-corrected chi connectivity index (χ2v) is 6.74. The summed E-state index contributed by atoms with van der Waals surface area (Å²) in [6, 6.07) is 0. The summed E-state index contributed by atoms with van der Waals surface area (Å²) in [5.74, 6) is -17.6. The molecule has 0 aromatic carbocycles. The van der Waals surface area contributed by atoms with Crippen molar-refractivity contribution in [3.05, 3.63) is 50.1 Å². The van der Waals surface area contributed by atoms with Crippen LogP contribution in [0.3, 0.4) is 0 Å². The highest BCUT2D eigenvalue weighted by Crippen LogP contribution is 2.53. The molecule has 4 nitrogen and oxygen atoms in total. The fourth-order valence-electron chi connectivity index (χ4n) is 1.08. The van der Waals surface area contributed by atoms with Gasteiger partial charge in [0.05, 0.1) is 7.11 Å². The number of ether oxygens (including phenoxy) is 3. The predicted octanol–water partition coefficient (Wildman–Crippen LogP) is 9.32. The van der Waals surface area contributed by atoms with Crippen LogP contribution in [0.1, 0.15) is 0 Å². The second-order valence-electron chi connectivity index (χ2n) is 6.74. The van der Waals surface area contributed by atoms with E-state index in [1.165, 1.54) is 0 Å². The van der Waals surface area contributed by atoms with E-state index in [0.717, 1.165) is 7.11 Å². The number of alkyl halides is 21. The zero-order valence-electron chi connectivity index (χ0n) is 21.2. The Bertz CT molecular complexity index is 924. The molecule has 0 bridgehead atoms. The van der Waals surface area contributed by atoms with Gasteiger partial charge in [-0.3, -0.25) is 9.47 Å². The first-order chi connectivity index (χ1) is 19.3. The summed E-state index contributed by atoms with van der Waals surface area (Å²) in [5, 5.41) is 8.05. The van der Waals surface area contributed by atoms with Gasteiger partial charge in [-0.05, 0) is 0 Å². The van der Waals surface area contributed by atoms with Gasteiger partial charge in [-0.2, -0.15) is 92.2 Å². The first-order valence-corrected chi connectivity index (χ1v) is 9.61. The van der Waals surface area contributed by atoms with Crippen LogP contribution in [0.25, 0.3) is 0 Å². The van der Waals surface area contributed by atoms with E-state index in [1.54, 1.807) is 6.58 Å². The molecule has 2 atom stereocenters. The molecule has 0 amide bonds. The van der Waals surface area contributed by atoms with Gasteiger partial charge in [-0.15, -0.1) is 0 Å². The Hall–Kier alpha value is -2.90. The van der Waals surface area contributed by atoms with Crippen LogP contribution in [0, 0.1) is 0 Å². The van der Waals surface area contributed by atoms with Crippen LogP contribution in [0.5, 0.6) is 0 Å². The average Bonchev–Trinajstić information content (AvgIpc) is 2.80. The summed E-state index contributed by atoms with van der Waals surface area (Å²) >= 11 is 0. The van der Waals surface area contributed by atoms with Crippen molar-refractivity contribution in [2.45, 2.75) is 54.8 Å². The lowest BCUT2D eigenvalue weighted by Crippen LogP contribution is -2.64. The number of aliphatic hydroxyl groups is 1. The minimum absolute atomic E-state index is 0.0625. The maximum absolute atomic E-state index is 13.5. The number of aliphatic hydroxyl groups excluding tert-OH is 1. The van der Waals surface area contributed by atoms with E-state index in [4.69, 9.17) is 5.11 Å². The lowest BCUT2D eigenvalue weighted by atomic mass is 10.2. The van der Waals surface area contributed by atoms with Crippen molar-refractivity contribution in [3.63, 3.8) is 0 Å². The van der Waals surface area contributed by atoms with Crippen molar-refractivity contribution in [1.29, 1.82) is 0 Å². The first-order valence-electron chi connectivity index (χ1n) is 9.61. The molecule has 0 spiro atoms. The predicted molar refractivity (Wildman–Crippen MR) is 104 cm³/mol. The lowest BCUT2D eigenvalue weighted by molar-refractivity contribution is -0.528. The number of hydrogen-bond donors (Lipinski definition) is 1. The first kappa shape index (κ1) is 49.0. The summed E-state index contributed by atoms with van der Waals surface area (Å²) in [6.07, 6.45) is -40.2. The molecule has 2 unspecified atom stereocenters. The number of methoxy groups -OCH3 is 1. The molecule has 1 N–H and O–H groups in total. The van der Waals surface area contributed by atoms with Crippen molar-refractivity contribution in [2.75, 3.05) is 13.7 Å². The Kier molecular flexibility index (Phi) is 18.1. The fraction of sp³-hybridized carbons (Fsp3) is 0.579. The van der Waals surface area contributed by atoms with Gasteiger partial charge in [0.25, 0.3) is 0 Å². The third-order valence-electron chi connectivity index (χ3n) is 3.27. The molecular weight excluding hydrogens is 710 g/mol. The minimum Gasteiger partial charge on any atom is -0.493 e. The molecule has 0 heterocycles. The summed E-state index contributed by atoms with van der Waals surface area (Å²) < 4.78 is 269. The smallest absolute Gasteiger partial charge is 0.458 e. The molecule has 45 heavy (non-hydrogen) atoms. The largest absolute Gasteiger partial charge is 0.493 e. The van der Waals surface area contributed by atoms with Gasteiger partial charge >= 0.3 is 54.8 Å². The van der Waals surface area contributed by atoms with E-state index in [1.807, 2.05) is 9.47 Å². The second kappa shape index (κ2) is 16.6. The molecule has 26 heteroatoms. The summed E-state index contributed by atoms with van der Waals surface area (Å²) in [4.78, 5) is 0. The highest BCUT2D eigenvalue weighted by atomic mass is 19.4. The van der Waals surface area contributed by atoms with Crippen LogP contribution < -0.4 is 0 Å². The van der Waals surface area contributed by atoms with Gasteiger partial charge in [-0.25, -0.2) is 4.39 Å². The number of hydrogen-bond acceptors (Lipinski definition) is 4. The third-order valence-corrected chi connectivity index (χ3v) is 3.27. The quantitative estimate of drug-likeness (QED) is 0.154. The van der Waals surface area contributed by atoms with Crippen molar-refractivity contribution in [1.82, 2.24) is 0 Å². The Labute approximate surface area is 235 Å². The Morgan fingerprint density at radius 3 is 1.07 bits per heavy atom. The molecule has 0 radical (unpaired) electrons. The molecule has 0 saturated carbocycles. The monoisotopic (exact) mass is 726 g/mol. The summed E-state index contributed by atoms with van der Waals surface area (Å²) in [6.45, 7) is 6.14. The Morgan fingerprint density at radius 2 is 0.933 bits per heavy atom. The van der Waals surface area contributed by atoms with Crippen LogP contribution in [0.4, 0.5) is 96.6 Å². The normalized spacial score (nSPS) is 15.6. The van der Waals surface area contributed by atoms with Crippen LogP contribution in [-0.4, -0.2) is 73.6 Å². The van der Waals surface area contributed by atoms with Crippen LogP contribution in [-0.2, 0) is 14.2 Å². The Morgan fingerprint density at radius 1 is 0.622 bits per heavy atom. The molecule has 0 aromatic rings. The Balaban J connectivity index is -0.000000337. The number of allylic oxidation sites excluding steroid dienone is 3. The zero-order valence-corrected chi connectivity index (χ0v) is 21.2. The maximum atomic E-state index is 13.5. The van der Waals surface area contributed by atoms with Crippen LogP contribution in [0.2, 0.25) is 0 Å². The lowest BCUT2D eigenvalue weighted by Gasteiger charge is -2.38. The van der Waals surface area contributed by atoms with Gasteiger partial charge in [0.2, 0.25) is 0 Å². The summed E-state index contributed by atoms with van der Waals surface area (Å²) in [5.41, 5.74) is 0. The van der Waals surface area contributed by atoms with E-state index in [-0.39, 0.29) is 12.2 Å². The van der Waals surface area contributed by atoms with Gasteiger partial charge in [0.15, 0.2) is 11.6 Å². The highest BCUT2D eigenvalue weighted by molar-refractivity contribution is 4.97. The van der Waals surface area contributed by atoms with E-state index < -0.39 is 73.0 Å². The van der Waals surface area contributed by atoms with Gasteiger partial charge < -0.3 is 9.84 Å². The maximum Gasteiger partial charge on any atom is 0.458 e. The van der Waals surface area contributed by atoms with Gasteiger partial charge in [0.1, 0.15) is 6.61 Å². The number of halogens is 22. The highest BCUT2D eigenvalue weighted by Gasteiger charge is 2.80. The number of rotatable bonds is 8. The van der Waals surface area contributed by atoms with E-state index in [2.05, 4.69) is 24.5 Å². The molecule has 0 rings (SSSR count). The minimum atomic E-state index is -7.29. The molecule has 270 valence electrons. The molecule has 0 aromatic heterocycles. The van der Waals surface area contributed by atoms with Gasteiger partial charge in [0, 0.05) is 12.2 Å². The van der Waals surface area contributed by atoms with Crippen LogP contribution in [0.15, 0.2) is 50.1 Å². The molecule has 0 aliphatic rings. The molecular formula is C19H16F22O4. The third kappa shape index (κ3) is 18.0. The van der Waals surface area contributed by atoms with Crippen molar-refractivity contribution in [2.24, 2.45) is 0 Å².